The largest absolute Gasteiger partial charge is 0.324 e. The van der Waals surface area contributed by atoms with E-state index in [1.807, 2.05) is 6.92 Å². The fraction of sp³-hybridized carbons (Fsp3) is 0.500. The van der Waals surface area contributed by atoms with Crippen LogP contribution in [0.15, 0.2) is 6.33 Å². The van der Waals surface area contributed by atoms with Gasteiger partial charge in [-0.3, -0.25) is 10.1 Å². The number of hydrogen-bond acceptors (Lipinski definition) is 4. The minimum atomic E-state index is -0.370. The zero-order valence-corrected chi connectivity index (χ0v) is 8.30. The molecule has 80 valence electrons. The molecule has 0 spiro atoms. The Morgan fingerprint density at radius 1 is 1.53 bits per heavy atom. The van der Waals surface area contributed by atoms with Gasteiger partial charge < -0.3 is 4.90 Å². The van der Waals surface area contributed by atoms with Crippen LogP contribution in [-0.4, -0.2) is 38.1 Å². The summed E-state index contributed by atoms with van der Waals surface area (Å²) in [5.74, 6) is 0.407. The second-order valence-corrected chi connectivity index (χ2v) is 3.20. The van der Waals surface area contributed by atoms with Crippen molar-refractivity contribution in [3.63, 3.8) is 0 Å². The number of urea groups is 1. The lowest BCUT2D eigenvalue weighted by Crippen LogP contribution is -2.29. The summed E-state index contributed by atoms with van der Waals surface area (Å²) in [6.07, 6.45) is 1.44. The normalized spacial score (nSPS) is 15.9. The molecule has 1 saturated heterocycles. The van der Waals surface area contributed by atoms with E-state index in [4.69, 9.17) is 0 Å². The van der Waals surface area contributed by atoms with Gasteiger partial charge in [0.25, 0.3) is 0 Å². The molecule has 15 heavy (non-hydrogen) atoms. The summed E-state index contributed by atoms with van der Waals surface area (Å²) in [4.78, 5) is 27.6. The molecule has 1 aliphatic rings. The number of amides is 3. The highest BCUT2D eigenvalue weighted by Crippen LogP contribution is 2.05. The molecule has 1 aromatic heterocycles. The van der Waals surface area contributed by atoms with Gasteiger partial charge in [-0.05, 0) is 6.92 Å². The first-order chi connectivity index (χ1) is 7.20. The average molecular weight is 209 g/mol. The Balaban J connectivity index is 2.09. The third kappa shape index (κ3) is 1.80. The Hall–Kier alpha value is -1.92. The van der Waals surface area contributed by atoms with Crippen molar-refractivity contribution in [3.8, 4) is 0 Å². The van der Waals surface area contributed by atoms with Crippen molar-refractivity contribution in [1.82, 2.24) is 25.0 Å². The van der Waals surface area contributed by atoms with E-state index >= 15 is 0 Å². The first-order valence-electron chi connectivity index (χ1n) is 4.66. The first-order valence-corrected chi connectivity index (χ1v) is 4.66. The zero-order valence-electron chi connectivity index (χ0n) is 8.30. The molecular weight excluding hydrogens is 198 g/mol. The van der Waals surface area contributed by atoms with Gasteiger partial charge in [0.05, 0.1) is 6.54 Å². The molecule has 0 bridgehead atoms. The Bertz CT molecular complexity index is 399. The van der Waals surface area contributed by atoms with Crippen LogP contribution in [0.1, 0.15) is 12.7 Å². The summed E-state index contributed by atoms with van der Waals surface area (Å²) in [7, 11) is 0. The molecule has 0 atom stereocenters. The summed E-state index contributed by atoms with van der Waals surface area (Å²) in [6.45, 7) is 3.03. The maximum Gasteiger partial charge on any atom is 0.324 e. The van der Waals surface area contributed by atoms with Gasteiger partial charge in [0.1, 0.15) is 18.7 Å². The van der Waals surface area contributed by atoms with Gasteiger partial charge in [0.15, 0.2) is 0 Å². The number of carbonyl (C=O) groups is 2. The van der Waals surface area contributed by atoms with Gasteiger partial charge in [0.2, 0.25) is 5.91 Å². The van der Waals surface area contributed by atoms with E-state index in [1.54, 1.807) is 4.68 Å². The van der Waals surface area contributed by atoms with Crippen LogP contribution < -0.4 is 5.32 Å². The smallest absolute Gasteiger partial charge is 0.308 e. The van der Waals surface area contributed by atoms with Crippen LogP contribution >= 0.6 is 0 Å². The maximum atomic E-state index is 11.2. The van der Waals surface area contributed by atoms with E-state index in [-0.39, 0.29) is 18.5 Å². The summed E-state index contributed by atoms with van der Waals surface area (Å²) < 4.78 is 1.69. The van der Waals surface area contributed by atoms with Crippen molar-refractivity contribution >= 4 is 11.9 Å². The molecule has 2 rings (SSSR count). The lowest BCUT2D eigenvalue weighted by Gasteiger charge is -2.12. The van der Waals surface area contributed by atoms with E-state index in [1.165, 1.54) is 11.2 Å². The van der Waals surface area contributed by atoms with Crippen LogP contribution in [0.2, 0.25) is 0 Å². The van der Waals surface area contributed by atoms with Gasteiger partial charge in [0, 0.05) is 6.54 Å². The van der Waals surface area contributed by atoms with Gasteiger partial charge in [-0.15, -0.1) is 0 Å². The van der Waals surface area contributed by atoms with E-state index in [0.29, 0.717) is 18.9 Å². The number of imide groups is 1. The highest BCUT2D eigenvalue weighted by atomic mass is 16.2. The first kappa shape index (κ1) is 9.63. The minimum Gasteiger partial charge on any atom is -0.308 e. The fourth-order valence-corrected chi connectivity index (χ4v) is 1.46. The molecular formula is C8H11N5O2. The molecule has 3 amide bonds. The summed E-state index contributed by atoms with van der Waals surface area (Å²) in [5, 5.41) is 6.19. The minimum absolute atomic E-state index is 0.0927. The monoisotopic (exact) mass is 209 g/mol. The van der Waals surface area contributed by atoms with E-state index in [2.05, 4.69) is 15.4 Å². The molecule has 2 heterocycles. The molecule has 0 unspecified atom stereocenters. The summed E-state index contributed by atoms with van der Waals surface area (Å²) in [6, 6.07) is -0.370. The second kappa shape index (κ2) is 3.68. The topological polar surface area (TPSA) is 80.1 Å². The van der Waals surface area contributed by atoms with Crippen LogP contribution in [0.25, 0.3) is 0 Å². The Kier molecular flexibility index (Phi) is 2.36. The van der Waals surface area contributed by atoms with Crippen molar-refractivity contribution in [1.29, 1.82) is 0 Å². The Labute approximate surface area is 86.1 Å². The van der Waals surface area contributed by atoms with Crippen LogP contribution in [0.4, 0.5) is 4.79 Å². The van der Waals surface area contributed by atoms with Gasteiger partial charge in [-0.25, -0.2) is 14.5 Å². The van der Waals surface area contributed by atoms with Crippen molar-refractivity contribution in [2.75, 3.05) is 6.54 Å². The summed E-state index contributed by atoms with van der Waals surface area (Å²) in [5.41, 5.74) is 0. The number of nitrogens with one attached hydrogen (secondary N) is 1. The van der Waals surface area contributed by atoms with Crippen molar-refractivity contribution in [2.45, 2.75) is 20.0 Å². The number of aromatic nitrogens is 3. The van der Waals surface area contributed by atoms with Crippen LogP contribution in [0.3, 0.4) is 0 Å². The number of nitrogens with zero attached hydrogens (tertiary/aromatic N) is 4. The van der Waals surface area contributed by atoms with Crippen LogP contribution in [-0.2, 0) is 17.9 Å². The van der Waals surface area contributed by atoms with Crippen LogP contribution in [0.5, 0.6) is 0 Å². The zero-order chi connectivity index (χ0) is 10.8. The van der Waals surface area contributed by atoms with Crippen molar-refractivity contribution < 1.29 is 9.59 Å². The molecule has 1 N–H and O–H groups in total. The highest BCUT2D eigenvalue weighted by Gasteiger charge is 2.27. The van der Waals surface area contributed by atoms with E-state index in [0.717, 1.165) is 0 Å². The number of rotatable bonds is 3. The maximum absolute atomic E-state index is 11.2. The second-order valence-electron chi connectivity index (χ2n) is 3.20. The van der Waals surface area contributed by atoms with Crippen LogP contribution in [0, 0.1) is 0 Å². The standard InChI is InChI=1S/C8H11N5O2/c1-2-13-6(9-5-10-13)3-12-4-7(14)11-8(12)15/h5H,2-4H2,1H3,(H,11,14,15). The lowest BCUT2D eigenvalue weighted by molar-refractivity contribution is -0.118. The molecule has 0 radical (unpaired) electrons. The molecule has 0 aliphatic carbocycles. The highest BCUT2D eigenvalue weighted by molar-refractivity contribution is 6.01. The Morgan fingerprint density at radius 3 is 2.93 bits per heavy atom. The lowest BCUT2D eigenvalue weighted by atomic mass is 10.5. The predicted molar refractivity (Wildman–Crippen MR) is 49.6 cm³/mol. The van der Waals surface area contributed by atoms with Gasteiger partial charge in [-0.2, -0.15) is 5.10 Å². The molecule has 0 aromatic carbocycles. The molecule has 0 saturated carbocycles. The average Bonchev–Trinajstić information content (AvgIpc) is 2.74. The molecule has 7 nitrogen and oxygen atoms in total. The van der Waals surface area contributed by atoms with E-state index < -0.39 is 0 Å². The van der Waals surface area contributed by atoms with Crippen molar-refractivity contribution in [3.05, 3.63) is 12.2 Å². The van der Waals surface area contributed by atoms with Gasteiger partial charge >= 0.3 is 6.03 Å². The Morgan fingerprint density at radius 2 is 2.33 bits per heavy atom. The quantitative estimate of drug-likeness (QED) is 0.671. The molecule has 1 aliphatic heterocycles. The third-order valence-electron chi connectivity index (χ3n) is 2.20. The third-order valence-corrected chi connectivity index (χ3v) is 2.20. The fourth-order valence-electron chi connectivity index (χ4n) is 1.46. The molecule has 7 heteroatoms. The number of aryl methyl sites for hydroxylation is 1. The summed E-state index contributed by atoms with van der Waals surface area (Å²) >= 11 is 0. The van der Waals surface area contributed by atoms with Crippen molar-refractivity contribution in [2.24, 2.45) is 0 Å². The van der Waals surface area contributed by atoms with E-state index in [9.17, 15) is 9.59 Å². The number of hydrogen-bond donors (Lipinski definition) is 1. The molecule has 1 aromatic rings. The molecule has 1 fully saturated rings. The van der Waals surface area contributed by atoms with Gasteiger partial charge in [-0.1, -0.05) is 0 Å². The SMILES string of the molecule is CCn1ncnc1CN1CC(=O)NC1=O. The predicted octanol–water partition coefficient (Wildman–Crippen LogP) is -0.650. The number of carbonyl (C=O) groups excluding carboxylic acids is 2.